The molecule has 122 valence electrons. The molecule has 2 aromatic heterocycles. The van der Waals surface area contributed by atoms with Gasteiger partial charge in [-0.3, -0.25) is 0 Å². The third-order valence-corrected chi connectivity index (χ3v) is 4.85. The SMILES string of the molecule is Clc1nccc(N2CCC(c3cnn(C4CCCCO4)c3)C2)n1. The summed E-state index contributed by atoms with van der Waals surface area (Å²) in [7, 11) is 0. The predicted octanol–water partition coefficient (Wildman–Crippen LogP) is 3.02. The fourth-order valence-corrected chi connectivity index (χ4v) is 3.54. The number of halogens is 1. The maximum atomic E-state index is 5.89. The minimum Gasteiger partial charge on any atom is -0.357 e. The molecule has 2 saturated heterocycles. The molecule has 0 amide bonds. The van der Waals surface area contributed by atoms with Gasteiger partial charge in [0, 0.05) is 38.0 Å². The molecular weight excluding hydrogens is 314 g/mol. The second-order valence-electron chi connectivity index (χ2n) is 6.19. The predicted molar refractivity (Wildman–Crippen MR) is 87.7 cm³/mol. The van der Waals surface area contributed by atoms with Crippen molar-refractivity contribution in [2.24, 2.45) is 0 Å². The van der Waals surface area contributed by atoms with Crippen molar-refractivity contribution >= 4 is 17.4 Å². The first-order chi connectivity index (χ1) is 11.3. The number of nitrogens with zero attached hydrogens (tertiary/aromatic N) is 5. The van der Waals surface area contributed by atoms with Gasteiger partial charge in [0.05, 0.1) is 6.20 Å². The second-order valence-corrected chi connectivity index (χ2v) is 6.53. The van der Waals surface area contributed by atoms with E-state index in [0.29, 0.717) is 11.2 Å². The summed E-state index contributed by atoms with van der Waals surface area (Å²) in [6.07, 6.45) is 10.5. The van der Waals surface area contributed by atoms with E-state index in [1.165, 1.54) is 12.0 Å². The number of rotatable bonds is 3. The molecule has 2 aliphatic rings. The molecule has 0 aliphatic carbocycles. The number of anilines is 1. The van der Waals surface area contributed by atoms with Crippen LogP contribution in [0.15, 0.2) is 24.7 Å². The molecule has 4 rings (SSSR count). The van der Waals surface area contributed by atoms with E-state index < -0.39 is 0 Å². The van der Waals surface area contributed by atoms with Gasteiger partial charge in [-0.05, 0) is 48.9 Å². The van der Waals surface area contributed by atoms with Crippen LogP contribution in [-0.4, -0.2) is 39.4 Å². The van der Waals surface area contributed by atoms with Gasteiger partial charge < -0.3 is 9.64 Å². The van der Waals surface area contributed by atoms with E-state index in [1.807, 2.05) is 16.9 Å². The Morgan fingerprint density at radius 2 is 2.22 bits per heavy atom. The van der Waals surface area contributed by atoms with Crippen molar-refractivity contribution in [3.05, 3.63) is 35.5 Å². The first kappa shape index (κ1) is 14.9. The van der Waals surface area contributed by atoms with Crippen LogP contribution in [0.1, 0.15) is 43.4 Å². The van der Waals surface area contributed by atoms with Gasteiger partial charge in [0.15, 0.2) is 0 Å². The van der Waals surface area contributed by atoms with Gasteiger partial charge >= 0.3 is 0 Å². The lowest BCUT2D eigenvalue weighted by Crippen LogP contribution is -2.20. The van der Waals surface area contributed by atoms with Crippen LogP contribution in [-0.2, 0) is 4.74 Å². The molecule has 0 saturated carbocycles. The quantitative estimate of drug-likeness (QED) is 0.808. The normalized spacial score (nSPS) is 25.0. The van der Waals surface area contributed by atoms with Gasteiger partial charge in [-0.1, -0.05) is 0 Å². The van der Waals surface area contributed by atoms with Gasteiger partial charge in [-0.25, -0.2) is 14.6 Å². The highest BCUT2D eigenvalue weighted by atomic mass is 35.5. The number of hydrogen-bond donors (Lipinski definition) is 0. The van der Waals surface area contributed by atoms with Gasteiger partial charge in [-0.15, -0.1) is 0 Å². The maximum Gasteiger partial charge on any atom is 0.224 e. The highest BCUT2D eigenvalue weighted by Crippen LogP contribution is 2.31. The minimum absolute atomic E-state index is 0.107. The zero-order chi connectivity index (χ0) is 15.6. The Hall–Kier alpha value is -1.66. The van der Waals surface area contributed by atoms with E-state index in [9.17, 15) is 0 Å². The highest BCUT2D eigenvalue weighted by molar-refractivity contribution is 6.28. The lowest BCUT2D eigenvalue weighted by molar-refractivity contribution is -0.0395. The highest BCUT2D eigenvalue weighted by Gasteiger charge is 2.27. The zero-order valence-corrected chi connectivity index (χ0v) is 13.7. The first-order valence-electron chi connectivity index (χ1n) is 8.19. The van der Waals surface area contributed by atoms with E-state index in [2.05, 4.69) is 26.2 Å². The van der Waals surface area contributed by atoms with Crippen molar-refractivity contribution in [3.63, 3.8) is 0 Å². The van der Waals surface area contributed by atoms with Crippen LogP contribution in [0.3, 0.4) is 0 Å². The molecule has 7 heteroatoms. The molecule has 2 atom stereocenters. The average Bonchev–Trinajstić information content (AvgIpc) is 3.25. The molecule has 2 fully saturated rings. The molecule has 0 N–H and O–H groups in total. The first-order valence-corrected chi connectivity index (χ1v) is 8.56. The van der Waals surface area contributed by atoms with Crippen molar-refractivity contribution in [1.29, 1.82) is 0 Å². The summed E-state index contributed by atoms with van der Waals surface area (Å²) in [6.45, 7) is 2.75. The molecule has 2 unspecified atom stereocenters. The lowest BCUT2D eigenvalue weighted by atomic mass is 10.0. The molecule has 23 heavy (non-hydrogen) atoms. The van der Waals surface area contributed by atoms with Crippen LogP contribution in [0.25, 0.3) is 0 Å². The molecule has 2 aromatic rings. The van der Waals surface area contributed by atoms with Gasteiger partial charge in [0.1, 0.15) is 12.0 Å². The summed E-state index contributed by atoms with van der Waals surface area (Å²) in [6, 6.07) is 1.91. The van der Waals surface area contributed by atoms with Crippen LogP contribution in [0.5, 0.6) is 0 Å². The Bertz CT molecular complexity index is 670. The average molecular weight is 334 g/mol. The van der Waals surface area contributed by atoms with Crippen LogP contribution in [0, 0.1) is 0 Å². The molecule has 2 aliphatic heterocycles. The smallest absolute Gasteiger partial charge is 0.224 e. The molecule has 0 spiro atoms. The van der Waals surface area contributed by atoms with Gasteiger partial charge in [-0.2, -0.15) is 5.10 Å². The molecule has 6 nitrogen and oxygen atoms in total. The Kier molecular flexibility index (Phi) is 4.18. The molecule has 4 heterocycles. The van der Waals surface area contributed by atoms with Crippen LogP contribution in [0.4, 0.5) is 5.82 Å². The van der Waals surface area contributed by atoms with Crippen molar-refractivity contribution in [2.45, 2.75) is 37.8 Å². The van der Waals surface area contributed by atoms with Crippen molar-refractivity contribution in [2.75, 3.05) is 24.6 Å². The summed E-state index contributed by atoms with van der Waals surface area (Å²) in [5.41, 5.74) is 1.28. The molecule has 0 radical (unpaired) electrons. The minimum atomic E-state index is 0.107. The second kappa shape index (κ2) is 6.45. The Morgan fingerprint density at radius 3 is 3.04 bits per heavy atom. The fraction of sp³-hybridized carbons (Fsp3) is 0.562. The Labute approximate surface area is 140 Å². The summed E-state index contributed by atoms with van der Waals surface area (Å²) < 4.78 is 7.79. The summed E-state index contributed by atoms with van der Waals surface area (Å²) in [5, 5.41) is 4.82. The largest absolute Gasteiger partial charge is 0.357 e. The molecule has 0 aromatic carbocycles. The van der Waals surface area contributed by atoms with Crippen LogP contribution < -0.4 is 4.90 Å². The van der Waals surface area contributed by atoms with Crippen LogP contribution >= 0.6 is 11.6 Å². The topological polar surface area (TPSA) is 56.1 Å². The van der Waals surface area contributed by atoms with Crippen molar-refractivity contribution < 1.29 is 4.74 Å². The number of ether oxygens (including phenoxy) is 1. The molecular formula is C16H20ClN5O. The van der Waals surface area contributed by atoms with E-state index in [0.717, 1.165) is 44.8 Å². The van der Waals surface area contributed by atoms with Gasteiger partial charge in [0.2, 0.25) is 5.28 Å². The van der Waals surface area contributed by atoms with E-state index in [1.54, 1.807) is 6.20 Å². The third kappa shape index (κ3) is 3.19. The summed E-state index contributed by atoms with van der Waals surface area (Å²) >= 11 is 5.89. The van der Waals surface area contributed by atoms with E-state index >= 15 is 0 Å². The standard InChI is InChI=1S/C16H20ClN5O/c17-16-18-6-4-14(20-16)21-7-5-12(10-21)13-9-19-22(11-13)15-3-1-2-8-23-15/h4,6,9,11-12,15H,1-3,5,7-8,10H2. The number of aromatic nitrogens is 4. The molecule has 0 bridgehead atoms. The monoisotopic (exact) mass is 333 g/mol. The summed E-state index contributed by atoms with van der Waals surface area (Å²) in [5.74, 6) is 1.37. The summed E-state index contributed by atoms with van der Waals surface area (Å²) in [4.78, 5) is 10.5. The van der Waals surface area contributed by atoms with E-state index in [4.69, 9.17) is 16.3 Å². The van der Waals surface area contributed by atoms with Crippen molar-refractivity contribution in [1.82, 2.24) is 19.7 Å². The van der Waals surface area contributed by atoms with Crippen LogP contribution in [0.2, 0.25) is 5.28 Å². The maximum absolute atomic E-state index is 5.89. The fourth-order valence-electron chi connectivity index (χ4n) is 3.40. The van der Waals surface area contributed by atoms with Gasteiger partial charge in [0.25, 0.3) is 0 Å². The third-order valence-electron chi connectivity index (χ3n) is 4.67. The number of hydrogen-bond acceptors (Lipinski definition) is 5. The Morgan fingerprint density at radius 1 is 1.26 bits per heavy atom. The zero-order valence-electron chi connectivity index (χ0n) is 12.9. The van der Waals surface area contributed by atoms with Crippen molar-refractivity contribution in [3.8, 4) is 0 Å². The van der Waals surface area contributed by atoms with E-state index in [-0.39, 0.29) is 6.23 Å². The lowest BCUT2D eigenvalue weighted by Gasteiger charge is -2.22. The Balaban J connectivity index is 1.44.